The van der Waals surface area contributed by atoms with Gasteiger partial charge >= 0.3 is 0 Å². The molecule has 0 saturated heterocycles. The van der Waals surface area contributed by atoms with Crippen molar-refractivity contribution in [3.8, 4) is 0 Å². The summed E-state index contributed by atoms with van der Waals surface area (Å²) in [6, 6.07) is 31.1. The molecule has 0 aliphatic heterocycles. The Hall–Kier alpha value is -2.38. The van der Waals surface area contributed by atoms with Crippen LogP contribution < -0.4 is 0 Å². The number of hydrogen-bond acceptors (Lipinski definition) is 1. The first-order valence-electron chi connectivity index (χ1n) is 10.1. The van der Waals surface area contributed by atoms with E-state index in [2.05, 4.69) is 72.8 Å². The van der Waals surface area contributed by atoms with Gasteiger partial charge in [0.05, 0.1) is 0 Å². The van der Waals surface area contributed by atoms with Gasteiger partial charge in [-0.25, -0.2) is 0 Å². The third-order valence-electron chi connectivity index (χ3n) is 3.85. The van der Waals surface area contributed by atoms with E-state index < -0.39 is 5.60 Å². The van der Waals surface area contributed by atoms with Crippen molar-refractivity contribution in [1.29, 1.82) is 0 Å². The average Bonchev–Trinajstić information content (AvgIpc) is 2.81. The summed E-state index contributed by atoms with van der Waals surface area (Å²) in [4.78, 5) is 0. The molecule has 0 saturated carbocycles. The lowest BCUT2D eigenvalue weighted by Crippen LogP contribution is -2.31. The first-order valence-corrected chi connectivity index (χ1v) is 10.1. The molecule has 1 heteroatoms. The van der Waals surface area contributed by atoms with Crippen molar-refractivity contribution in [3.05, 3.63) is 108 Å². The third-order valence-corrected chi connectivity index (χ3v) is 3.85. The second-order valence-corrected chi connectivity index (χ2v) is 4.98. The summed E-state index contributed by atoms with van der Waals surface area (Å²) >= 11 is 0. The molecule has 27 heavy (non-hydrogen) atoms. The highest BCUT2D eigenvalue weighted by Crippen LogP contribution is 2.39. The smallest absolute Gasteiger partial charge is 0.143 e. The molecule has 3 rings (SSSR count). The van der Waals surface area contributed by atoms with E-state index in [-0.39, 0.29) is 0 Å². The molecule has 0 aliphatic rings. The van der Waals surface area contributed by atoms with Crippen LogP contribution in [0.15, 0.2) is 91.0 Å². The Kier molecular flexibility index (Phi) is 13.5. The lowest BCUT2D eigenvalue weighted by atomic mass is 9.80. The van der Waals surface area contributed by atoms with E-state index in [0.29, 0.717) is 0 Å². The first-order chi connectivity index (χ1) is 13.4. The van der Waals surface area contributed by atoms with Crippen LogP contribution in [0.5, 0.6) is 0 Å². The predicted octanol–water partition coefficient (Wildman–Crippen LogP) is 7.70. The summed E-state index contributed by atoms with van der Waals surface area (Å²) < 4.78 is 6.10. The number of benzene rings is 3. The van der Waals surface area contributed by atoms with Crippen LogP contribution in [0.1, 0.15) is 58.2 Å². The van der Waals surface area contributed by atoms with E-state index in [1.807, 2.05) is 59.7 Å². The van der Waals surface area contributed by atoms with Gasteiger partial charge in [0, 0.05) is 7.11 Å². The van der Waals surface area contributed by atoms with Gasteiger partial charge in [-0.05, 0) is 16.7 Å². The van der Waals surface area contributed by atoms with Crippen molar-refractivity contribution in [2.75, 3.05) is 7.11 Å². The molecule has 0 N–H and O–H groups in total. The van der Waals surface area contributed by atoms with Crippen LogP contribution >= 0.6 is 0 Å². The fourth-order valence-corrected chi connectivity index (χ4v) is 2.87. The highest BCUT2D eigenvalue weighted by molar-refractivity contribution is 5.47. The Morgan fingerprint density at radius 1 is 0.444 bits per heavy atom. The zero-order chi connectivity index (χ0) is 20.5. The molecule has 0 aliphatic carbocycles. The van der Waals surface area contributed by atoms with E-state index in [1.165, 1.54) is 0 Å². The molecule has 0 aromatic heterocycles. The van der Waals surface area contributed by atoms with Gasteiger partial charge in [0.15, 0.2) is 0 Å². The second kappa shape index (κ2) is 14.8. The molecule has 0 spiro atoms. The number of rotatable bonds is 4. The summed E-state index contributed by atoms with van der Waals surface area (Å²) in [6.07, 6.45) is 0. The maximum atomic E-state index is 6.10. The topological polar surface area (TPSA) is 9.23 Å². The molecule has 0 bridgehead atoms. The van der Waals surface area contributed by atoms with Gasteiger partial charge in [-0.15, -0.1) is 0 Å². The minimum absolute atomic E-state index is 0.580. The molecular weight excluding hydrogens is 328 g/mol. The van der Waals surface area contributed by atoms with Gasteiger partial charge in [0.2, 0.25) is 0 Å². The van der Waals surface area contributed by atoms with Crippen molar-refractivity contribution in [2.24, 2.45) is 0 Å². The average molecular weight is 365 g/mol. The largest absolute Gasteiger partial charge is 0.364 e. The molecule has 0 fully saturated rings. The lowest BCUT2D eigenvalue weighted by Gasteiger charge is -2.34. The van der Waals surface area contributed by atoms with E-state index in [0.717, 1.165) is 16.7 Å². The van der Waals surface area contributed by atoms with Crippen LogP contribution in [-0.4, -0.2) is 7.11 Å². The maximum Gasteiger partial charge on any atom is 0.143 e. The molecule has 1 nitrogen and oxygen atoms in total. The zero-order valence-corrected chi connectivity index (χ0v) is 18.1. The van der Waals surface area contributed by atoms with Crippen molar-refractivity contribution < 1.29 is 4.74 Å². The Morgan fingerprint density at radius 2 is 0.667 bits per heavy atom. The lowest BCUT2D eigenvalue weighted by molar-refractivity contribution is 0.0585. The Morgan fingerprint density at radius 3 is 0.852 bits per heavy atom. The summed E-state index contributed by atoms with van der Waals surface area (Å²) in [6.45, 7) is 12.0. The summed E-state index contributed by atoms with van der Waals surface area (Å²) in [5.41, 5.74) is 2.81. The molecule has 0 atom stereocenters. The maximum absolute atomic E-state index is 6.10. The minimum Gasteiger partial charge on any atom is -0.364 e. The molecule has 0 unspecified atom stereocenters. The predicted molar refractivity (Wildman–Crippen MR) is 120 cm³/mol. The summed E-state index contributed by atoms with van der Waals surface area (Å²) in [7, 11) is 1.77. The standard InChI is InChI=1S/C20H18O.3C2H6/c1-21-20(17-11-5-2-6-12-17,18-13-7-3-8-14-18)19-15-9-4-10-16-19;3*1-2/h2-16H,1H3;3*1-2H3. The van der Waals surface area contributed by atoms with Crippen molar-refractivity contribution in [3.63, 3.8) is 0 Å². The minimum atomic E-state index is -0.580. The summed E-state index contributed by atoms with van der Waals surface area (Å²) in [5.74, 6) is 0. The number of ether oxygens (including phenoxy) is 1. The second-order valence-electron chi connectivity index (χ2n) is 4.98. The normalized spacial score (nSPS) is 9.44. The first kappa shape index (κ1) is 24.6. The van der Waals surface area contributed by atoms with Crippen molar-refractivity contribution in [2.45, 2.75) is 47.1 Å². The number of hydrogen-bond donors (Lipinski definition) is 0. The molecule has 3 aromatic carbocycles. The molecule has 0 radical (unpaired) electrons. The quantitative estimate of drug-likeness (QED) is 0.431. The molecule has 146 valence electrons. The van der Waals surface area contributed by atoms with Crippen LogP contribution in [0.4, 0.5) is 0 Å². The zero-order valence-electron chi connectivity index (χ0n) is 18.1. The molecule has 0 amide bonds. The van der Waals surface area contributed by atoms with Crippen molar-refractivity contribution >= 4 is 0 Å². The molecule has 0 heterocycles. The van der Waals surface area contributed by atoms with E-state index >= 15 is 0 Å². The third kappa shape index (κ3) is 6.08. The van der Waals surface area contributed by atoms with Crippen molar-refractivity contribution in [1.82, 2.24) is 0 Å². The molecule has 3 aromatic rings. The molecular formula is C26H36O. The van der Waals surface area contributed by atoms with E-state index in [4.69, 9.17) is 4.74 Å². The van der Waals surface area contributed by atoms with Gasteiger partial charge in [-0.3, -0.25) is 0 Å². The van der Waals surface area contributed by atoms with Gasteiger partial charge in [-0.1, -0.05) is 133 Å². The highest BCUT2D eigenvalue weighted by Gasteiger charge is 2.35. The van der Waals surface area contributed by atoms with Crippen LogP contribution in [0.2, 0.25) is 0 Å². The van der Waals surface area contributed by atoms with Gasteiger partial charge in [-0.2, -0.15) is 0 Å². The fraction of sp³-hybridized carbons (Fsp3) is 0.308. The fourth-order valence-electron chi connectivity index (χ4n) is 2.87. The van der Waals surface area contributed by atoms with Gasteiger partial charge in [0.25, 0.3) is 0 Å². The Bertz CT molecular complexity index is 579. The van der Waals surface area contributed by atoms with Crippen LogP contribution in [0, 0.1) is 0 Å². The number of methoxy groups -OCH3 is 1. The highest BCUT2D eigenvalue weighted by atomic mass is 16.5. The van der Waals surface area contributed by atoms with E-state index in [9.17, 15) is 0 Å². The van der Waals surface area contributed by atoms with Gasteiger partial charge in [0.1, 0.15) is 5.60 Å². The van der Waals surface area contributed by atoms with Crippen LogP contribution in [0.25, 0.3) is 0 Å². The van der Waals surface area contributed by atoms with Crippen LogP contribution in [0.3, 0.4) is 0 Å². The van der Waals surface area contributed by atoms with E-state index in [1.54, 1.807) is 7.11 Å². The van der Waals surface area contributed by atoms with Crippen LogP contribution in [-0.2, 0) is 10.3 Å². The Balaban J connectivity index is 0.00000103. The summed E-state index contributed by atoms with van der Waals surface area (Å²) in [5, 5.41) is 0. The Labute approximate surface area is 167 Å². The SMILES string of the molecule is CC.CC.CC.COC(c1ccccc1)(c1ccccc1)c1ccccc1. The monoisotopic (exact) mass is 364 g/mol. The van der Waals surface area contributed by atoms with Gasteiger partial charge < -0.3 is 4.74 Å².